The molecule has 0 spiro atoms. The molecule has 25 heavy (non-hydrogen) atoms. The Balaban J connectivity index is 1.72. The molecule has 0 fully saturated rings. The quantitative estimate of drug-likeness (QED) is 0.920. The second-order valence-electron chi connectivity index (χ2n) is 6.06. The Morgan fingerprint density at radius 1 is 1.28 bits per heavy atom. The molecule has 1 aliphatic heterocycles. The highest BCUT2D eigenvalue weighted by Crippen LogP contribution is 2.23. The number of nitrogens with one attached hydrogen (secondary N) is 1. The summed E-state index contributed by atoms with van der Waals surface area (Å²) in [7, 11) is 1.55. The molecule has 0 radical (unpaired) electrons. The van der Waals surface area contributed by atoms with Gasteiger partial charge in [0.25, 0.3) is 0 Å². The number of hydrogen-bond donors (Lipinski definition) is 1. The van der Waals surface area contributed by atoms with Crippen molar-refractivity contribution >= 4 is 11.8 Å². The molecule has 6 heteroatoms. The number of ether oxygens (including phenoxy) is 1. The lowest BCUT2D eigenvalue weighted by Gasteiger charge is -2.35. The van der Waals surface area contributed by atoms with Crippen molar-refractivity contribution in [1.82, 2.24) is 15.2 Å². The minimum absolute atomic E-state index is 0.0970. The van der Waals surface area contributed by atoms with Gasteiger partial charge in [0, 0.05) is 38.7 Å². The summed E-state index contributed by atoms with van der Waals surface area (Å²) in [6.45, 7) is 2.33. The van der Waals surface area contributed by atoms with Crippen LogP contribution >= 0.6 is 0 Å². The zero-order valence-electron chi connectivity index (χ0n) is 14.4. The number of aromatic nitrogens is 1. The van der Waals surface area contributed by atoms with Gasteiger partial charge in [-0.2, -0.15) is 0 Å². The normalized spacial score (nSPS) is 16.1. The van der Waals surface area contributed by atoms with E-state index in [0.29, 0.717) is 25.4 Å². The summed E-state index contributed by atoms with van der Waals surface area (Å²) in [4.78, 5) is 30.4. The number of pyridine rings is 1. The summed E-state index contributed by atoms with van der Waals surface area (Å²) in [6, 6.07) is 11.0. The molecule has 130 valence electrons. The molecule has 0 saturated carbocycles. The topological polar surface area (TPSA) is 71.5 Å². The maximum absolute atomic E-state index is 12.7. The second kappa shape index (κ2) is 7.34. The van der Waals surface area contributed by atoms with Crippen LogP contribution in [0.15, 0.2) is 42.6 Å². The van der Waals surface area contributed by atoms with E-state index in [1.165, 1.54) is 6.92 Å². The minimum Gasteiger partial charge on any atom is -0.481 e. The van der Waals surface area contributed by atoms with Crippen LogP contribution in [0.5, 0.6) is 5.88 Å². The number of methoxy groups -OCH3 is 1. The second-order valence-corrected chi connectivity index (χ2v) is 6.06. The first-order valence-corrected chi connectivity index (χ1v) is 8.19. The average molecular weight is 339 g/mol. The van der Waals surface area contributed by atoms with Gasteiger partial charge in [-0.3, -0.25) is 9.59 Å². The fraction of sp³-hybridized carbons (Fsp3) is 0.316. The molecule has 1 aliphatic rings. The molecule has 1 aromatic carbocycles. The first kappa shape index (κ1) is 17.0. The van der Waals surface area contributed by atoms with Crippen LogP contribution in [0.1, 0.15) is 23.6 Å². The third-order valence-electron chi connectivity index (χ3n) is 4.43. The van der Waals surface area contributed by atoms with E-state index in [-0.39, 0.29) is 11.8 Å². The van der Waals surface area contributed by atoms with Crippen molar-refractivity contribution in [3.05, 3.63) is 59.3 Å². The SMILES string of the molecule is COc1cc(CNC(=O)[C@@H]2Cc3ccccc3CN2C(C)=O)ccn1. The van der Waals surface area contributed by atoms with E-state index in [4.69, 9.17) is 4.74 Å². The van der Waals surface area contributed by atoms with Crippen molar-refractivity contribution in [2.75, 3.05) is 7.11 Å². The van der Waals surface area contributed by atoms with E-state index >= 15 is 0 Å². The van der Waals surface area contributed by atoms with Crippen LogP contribution in [-0.4, -0.2) is 34.8 Å². The van der Waals surface area contributed by atoms with Crippen LogP contribution in [0.2, 0.25) is 0 Å². The molecule has 6 nitrogen and oxygen atoms in total. The highest BCUT2D eigenvalue weighted by atomic mass is 16.5. The van der Waals surface area contributed by atoms with Gasteiger partial charge in [-0.15, -0.1) is 0 Å². The van der Waals surface area contributed by atoms with Crippen LogP contribution in [-0.2, 0) is 29.1 Å². The lowest BCUT2D eigenvalue weighted by molar-refractivity contribution is -0.140. The Morgan fingerprint density at radius 2 is 2.04 bits per heavy atom. The highest BCUT2D eigenvalue weighted by Gasteiger charge is 2.32. The summed E-state index contributed by atoms with van der Waals surface area (Å²) in [5.74, 6) is 0.254. The van der Waals surface area contributed by atoms with E-state index in [1.54, 1.807) is 24.3 Å². The highest BCUT2D eigenvalue weighted by molar-refractivity contribution is 5.87. The van der Waals surface area contributed by atoms with Crippen LogP contribution in [0, 0.1) is 0 Å². The molecule has 1 aromatic heterocycles. The van der Waals surface area contributed by atoms with Gasteiger partial charge in [0.2, 0.25) is 17.7 Å². The Bertz CT molecular complexity index is 791. The van der Waals surface area contributed by atoms with Crippen molar-refractivity contribution in [3.8, 4) is 5.88 Å². The van der Waals surface area contributed by atoms with Gasteiger partial charge in [-0.05, 0) is 22.8 Å². The van der Waals surface area contributed by atoms with Gasteiger partial charge in [0.1, 0.15) is 6.04 Å². The molecule has 1 atom stereocenters. The Labute approximate surface area is 146 Å². The monoisotopic (exact) mass is 339 g/mol. The van der Waals surface area contributed by atoms with Crippen molar-refractivity contribution in [2.24, 2.45) is 0 Å². The number of hydrogen-bond acceptors (Lipinski definition) is 4. The molecule has 0 aliphatic carbocycles. The third kappa shape index (κ3) is 3.79. The van der Waals surface area contributed by atoms with Gasteiger partial charge in [0.15, 0.2) is 0 Å². The number of fused-ring (bicyclic) bond motifs is 1. The minimum atomic E-state index is -0.490. The lowest BCUT2D eigenvalue weighted by atomic mass is 9.93. The van der Waals surface area contributed by atoms with Gasteiger partial charge in [-0.1, -0.05) is 24.3 Å². The van der Waals surface area contributed by atoms with E-state index in [2.05, 4.69) is 10.3 Å². The molecule has 2 aromatic rings. The van der Waals surface area contributed by atoms with E-state index in [9.17, 15) is 9.59 Å². The van der Waals surface area contributed by atoms with E-state index in [1.807, 2.05) is 30.3 Å². The Morgan fingerprint density at radius 3 is 2.76 bits per heavy atom. The zero-order valence-corrected chi connectivity index (χ0v) is 14.4. The lowest BCUT2D eigenvalue weighted by Crippen LogP contribution is -2.51. The zero-order chi connectivity index (χ0) is 17.8. The molecule has 2 amide bonds. The van der Waals surface area contributed by atoms with Crippen molar-refractivity contribution in [3.63, 3.8) is 0 Å². The van der Waals surface area contributed by atoms with Crippen LogP contribution in [0.3, 0.4) is 0 Å². The molecule has 0 unspecified atom stereocenters. The smallest absolute Gasteiger partial charge is 0.243 e. The number of benzene rings is 1. The summed E-state index contributed by atoms with van der Waals surface area (Å²) in [5.41, 5.74) is 3.11. The van der Waals surface area contributed by atoms with Crippen molar-refractivity contribution in [2.45, 2.75) is 32.5 Å². The maximum atomic E-state index is 12.7. The predicted octanol–water partition coefficient (Wildman–Crippen LogP) is 1.68. The number of rotatable bonds is 4. The average Bonchev–Trinajstić information content (AvgIpc) is 2.65. The molecular formula is C19H21N3O3. The number of nitrogens with zero attached hydrogens (tertiary/aromatic N) is 2. The fourth-order valence-electron chi connectivity index (χ4n) is 3.07. The van der Waals surface area contributed by atoms with Gasteiger partial charge >= 0.3 is 0 Å². The summed E-state index contributed by atoms with van der Waals surface area (Å²) >= 11 is 0. The number of amides is 2. The van der Waals surface area contributed by atoms with Gasteiger partial charge < -0.3 is 15.0 Å². The van der Waals surface area contributed by atoms with Crippen LogP contribution in [0.25, 0.3) is 0 Å². The number of carbonyl (C=O) groups excluding carboxylic acids is 2. The molecule has 0 saturated heterocycles. The largest absolute Gasteiger partial charge is 0.481 e. The maximum Gasteiger partial charge on any atom is 0.243 e. The molecule has 3 rings (SSSR count). The van der Waals surface area contributed by atoms with Crippen molar-refractivity contribution < 1.29 is 14.3 Å². The summed E-state index contributed by atoms with van der Waals surface area (Å²) in [6.07, 6.45) is 2.17. The Hall–Kier alpha value is -2.89. The molecule has 2 heterocycles. The fourth-order valence-corrected chi connectivity index (χ4v) is 3.07. The first-order valence-electron chi connectivity index (χ1n) is 8.19. The molecular weight excluding hydrogens is 318 g/mol. The first-order chi connectivity index (χ1) is 12.1. The number of carbonyl (C=O) groups is 2. The third-order valence-corrected chi connectivity index (χ3v) is 4.43. The van der Waals surface area contributed by atoms with E-state index < -0.39 is 6.04 Å². The predicted molar refractivity (Wildman–Crippen MR) is 92.8 cm³/mol. The van der Waals surface area contributed by atoms with Gasteiger partial charge in [-0.25, -0.2) is 4.98 Å². The van der Waals surface area contributed by atoms with Gasteiger partial charge in [0.05, 0.1) is 7.11 Å². The Kier molecular flexibility index (Phi) is 4.97. The standard InChI is InChI=1S/C19H21N3O3/c1-13(23)22-12-16-6-4-3-5-15(16)10-17(22)19(24)21-11-14-7-8-20-18(9-14)25-2/h3-9,17H,10-12H2,1-2H3,(H,21,24)/t17-/m0/s1. The van der Waals surface area contributed by atoms with Crippen molar-refractivity contribution in [1.29, 1.82) is 0 Å². The van der Waals surface area contributed by atoms with Crippen LogP contribution in [0.4, 0.5) is 0 Å². The molecule has 0 bridgehead atoms. The summed E-state index contributed by atoms with van der Waals surface area (Å²) in [5, 5.41) is 2.92. The summed E-state index contributed by atoms with van der Waals surface area (Å²) < 4.78 is 5.09. The van der Waals surface area contributed by atoms with E-state index in [0.717, 1.165) is 16.7 Å². The molecule has 1 N–H and O–H groups in total. The van der Waals surface area contributed by atoms with Crippen LogP contribution < -0.4 is 10.1 Å².